The Morgan fingerprint density at radius 1 is 1.40 bits per heavy atom. The number of aliphatic hydroxyl groups excluding tert-OH is 1. The maximum absolute atomic E-state index is 9.51. The van der Waals surface area contributed by atoms with Gasteiger partial charge in [-0.05, 0) is 50.5 Å². The minimum absolute atomic E-state index is 0.211. The minimum atomic E-state index is -0.771. The summed E-state index contributed by atoms with van der Waals surface area (Å²) in [7, 11) is 0. The van der Waals surface area contributed by atoms with Gasteiger partial charge in [-0.15, -0.1) is 5.10 Å². The molecule has 0 saturated carbocycles. The zero-order valence-electron chi connectivity index (χ0n) is 15.3. The van der Waals surface area contributed by atoms with Crippen LogP contribution in [0.25, 0.3) is 0 Å². The first-order valence-corrected chi connectivity index (χ1v) is 8.76. The molecule has 3 rings (SSSR count). The molecule has 1 aliphatic heterocycles. The molecule has 1 fully saturated rings. The van der Waals surface area contributed by atoms with E-state index in [1.54, 1.807) is 6.92 Å². The Morgan fingerprint density at radius 3 is 2.88 bits per heavy atom. The van der Waals surface area contributed by atoms with Crippen LogP contribution < -0.4 is 10.6 Å². The summed E-state index contributed by atoms with van der Waals surface area (Å²) in [6.45, 7) is 12.1. The number of aliphatic hydroxyl groups is 1. The van der Waals surface area contributed by atoms with Crippen molar-refractivity contribution in [3.05, 3.63) is 34.7 Å². The van der Waals surface area contributed by atoms with Crippen molar-refractivity contribution in [3.63, 3.8) is 0 Å². The number of anilines is 2. The van der Waals surface area contributed by atoms with E-state index in [9.17, 15) is 5.11 Å². The minimum Gasteiger partial charge on any atom is -0.405 e. The maximum Gasteiger partial charge on any atom is 0.320 e. The average Bonchev–Trinajstić information content (AvgIpc) is 3.01. The molecule has 136 valence electrons. The molecule has 1 aliphatic rings. The summed E-state index contributed by atoms with van der Waals surface area (Å²) in [6, 6.07) is 5.13. The predicted octanol–water partition coefficient (Wildman–Crippen LogP) is 2.28. The molecule has 2 heterocycles. The number of nitrogens with zero attached hydrogens (tertiary/aromatic N) is 3. The Kier molecular flexibility index (Phi) is 5.36. The molecule has 0 amide bonds. The first-order chi connectivity index (χ1) is 11.9. The van der Waals surface area contributed by atoms with Gasteiger partial charge in [0.25, 0.3) is 0 Å². The van der Waals surface area contributed by atoms with Gasteiger partial charge in [-0.2, -0.15) is 0 Å². The second-order valence-corrected chi connectivity index (χ2v) is 6.93. The Balaban J connectivity index is 1.79. The maximum atomic E-state index is 9.51. The molecule has 0 radical (unpaired) electrons. The van der Waals surface area contributed by atoms with Gasteiger partial charge in [-0.1, -0.05) is 11.2 Å². The molecule has 1 saturated heterocycles. The van der Waals surface area contributed by atoms with Gasteiger partial charge in [0.05, 0.1) is 0 Å². The van der Waals surface area contributed by atoms with E-state index in [4.69, 9.17) is 4.42 Å². The molecule has 2 aromatic rings. The number of aryl methyl sites for hydroxylation is 1. The number of hydrogen-bond donors (Lipinski definition) is 3. The second-order valence-electron chi connectivity index (χ2n) is 6.93. The van der Waals surface area contributed by atoms with Crippen LogP contribution in [0.15, 0.2) is 16.5 Å². The molecule has 0 spiro atoms. The molecule has 1 aromatic carbocycles. The van der Waals surface area contributed by atoms with E-state index in [1.807, 2.05) is 0 Å². The van der Waals surface area contributed by atoms with E-state index in [0.29, 0.717) is 12.1 Å². The standard InChI is InChI=1S/C18H27N5O2/c1-11-7-15(10-23-6-5-19-12(2)9-23)13(3)16(8-11)20-18-22-21-17(25-18)14(4)24/h7-8,12,14,19,24H,5-6,9-10H2,1-4H3,(H,20,22)/t12-,14-/m0/s1. The third-order valence-electron chi connectivity index (χ3n) is 4.55. The number of rotatable bonds is 5. The number of nitrogens with one attached hydrogen (secondary N) is 2. The molecule has 0 aliphatic carbocycles. The first-order valence-electron chi connectivity index (χ1n) is 8.76. The summed E-state index contributed by atoms with van der Waals surface area (Å²) in [5.74, 6) is 0.211. The van der Waals surface area contributed by atoms with Crippen LogP contribution in [0, 0.1) is 13.8 Å². The fourth-order valence-corrected chi connectivity index (χ4v) is 3.19. The third kappa shape index (κ3) is 4.36. The molecule has 7 nitrogen and oxygen atoms in total. The molecule has 0 bridgehead atoms. The lowest BCUT2D eigenvalue weighted by molar-refractivity contribution is 0.164. The summed E-state index contributed by atoms with van der Waals surface area (Å²) in [6.07, 6.45) is -0.771. The smallest absolute Gasteiger partial charge is 0.320 e. The van der Waals surface area contributed by atoms with Crippen molar-refractivity contribution in [2.24, 2.45) is 0 Å². The Bertz CT molecular complexity index is 728. The topological polar surface area (TPSA) is 86.5 Å². The highest BCUT2D eigenvalue weighted by atomic mass is 16.4. The highest BCUT2D eigenvalue weighted by Crippen LogP contribution is 2.26. The van der Waals surface area contributed by atoms with E-state index in [-0.39, 0.29) is 5.89 Å². The summed E-state index contributed by atoms with van der Waals surface area (Å²) >= 11 is 0. The molecule has 2 atom stereocenters. The van der Waals surface area contributed by atoms with Gasteiger partial charge >= 0.3 is 6.01 Å². The SMILES string of the molecule is Cc1cc(CN2CCN[C@@H](C)C2)c(C)c(Nc2nnc([C@H](C)O)o2)c1. The highest BCUT2D eigenvalue weighted by Gasteiger charge is 2.18. The van der Waals surface area contributed by atoms with Gasteiger partial charge in [-0.25, -0.2) is 0 Å². The fraction of sp³-hybridized carbons (Fsp3) is 0.556. The number of piperazine rings is 1. The lowest BCUT2D eigenvalue weighted by Gasteiger charge is -2.32. The van der Waals surface area contributed by atoms with Crippen LogP contribution in [0.1, 0.15) is 42.5 Å². The first kappa shape index (κ1) is 17.8. The Labute approximate surface area is 148 Å². The molecular weight excluding hydrogens is 318 g/mol. The van der Waals surface area contributed by atoms with E-state index in [0.717, 1.165) is 31.9 Å². The van der Waals surface area contributed by atoms with E-state index in [1.165, 1.54) is 16.7 Å². The van der Waals surface area contributed by atoms with Gasteiger partial charge in [0.15, 0.2) is 0 Å². The van der Waals surface area contributed by atoms with Crippen molar-refractivity contribution in [2.45, 2.75) is 46.4 Å². The number of hydrogen-bond acceptors (Lipinski definition) is 7. The van der Waals surface area contributed by atoms with Crippen LogP contribution in [0.3, 0.4) is 0 Å². The molecule has 0 unspecified atom stereocenters. The molecule has 25 heavy (non-hydrogen) atoms. The number of aromatic nitrogens is 2. The summed E-state index contributed by atoms with van der Waals surface area (Å²) in [5.41, 5.74) is 4.61. The van der Waals surface area contributed by atoms with Gasteiger partial charge in [0.1, 0.15) is 6.10 Å². The van der Waals surface area contributed by atoms with Crippen molar-refractivity contribution >= 4 is 11.7 Å². The van der Waals surface area contributed by atoms with E-state index in [2.05, 4.69) is 58.6 Å². The van der Waals surface area contributed by atoms with Crippen LogP contribution in [0.2, 0.25) is 0 Å². The van der Waals surface area contributed by atoms with Crippen molar-refractivity contribution in [2.75, 3.05) is 25.0 Å². The molecule has 3 N–H and O–H groups in total. The number of benzene rings is 1. The molecule has 1 aromatic heterocycles. The Morgan fingerprint density at radius 2 is 2.20 bits per heavy atom. The van der Waals surface area contributed by atoms with Gasteiger partial charge in [0.2, 0.25) is 5.89 Å². The zero-order chi connectivity index (χ0) is 18.0. The van der Waals surface area contributed by atoms with Crippen molar-refractivity contribution < 1.29 is 9.52 Å². The molecular formula is C18H27N5O2. The highest BCUT2D eigenvalue weighted by molar-refractivity contribution is 5.61. The Hall–Kier alpha value is -1.96. The normalized spacial score (nSPS) is 19.8. The van der Waals surface area contributed by atoms with Crippen LogP contribution in [-0.2, 0) is 6.54 Å². The molecule has 7 heteroatoms. The monoisotopic (exact) mass is 345 g/mol. The van der Waals surface area contributed by atoms with Crippen LogP contribution in [0.5, 0.6) is 0 Å². The predicted molar refractivity (Wildman–Crippen MR) is 96.9 cm³/mol. The average molecular weight is 345 g/mol. The second kappa shape index (κ2) is 7.51. The third-order valence-corrected chi connectivity index (χ3v) is 4.55. The van der Waals surface area contributed by atoms with Crippen LogP contribution >= 0.6 is 0 Å². The van der Waals surface area contributed by atoms with Crippen LogP contribution in [0.4, 0.5) is 11.7 Å². The summed E-state index contributed by atoms with van der Waals surface area (Å²) in [5, 5.41) is 24.0. The zero-order valence-corrected chi connectivity index (χ0v) is 15.3. The lowest BCUT2D eigenvalue weighted by Crippen LogP contribution is -2.48. The van der Waals surface area contributed by atoms with Crippen molar-refractivity contribution in [1.29, 1.82) is 0 Å². The van der Waals surface area contributed by atoms with E-state index >= 15 is 0 Å². The van der Waals surface area contributed by atoms with Gasteiger partial charge < -0.3 is 20.2 Å². The lowest BCUT2D eigenvalue weighted by atomic mass is 10.0. The summed E-state index contributed by atoms with van der Waals surface area (Å²) < 4.78 is 5.45. The quantitative estimate of drug-likeness (QED) is 0.766. The van der Waals surface area contributed by atoms with Gasteiger partial charge in [-0.3, -0.25) is 4.90 Å². The van der Waals surface area contributed by atoms with E-state index < -0.39 is 6.10 Å². The summed E-state index contributed by atoms with van der Waals surface area (Å²) in [4.78, 5) is 2.48. The van der Waals surface area contributed by atoms with Crippen molar-refractivity contribution in [1.82, 2.24) is 20.4 Å². The van der Waals surface area contributed by atoms with Gasteiger partial charge in [0, 0.05) is 37.9 Å². The van der Waals surface area contributed by atoms with Crippen molar-refractivity contribution in [3.8, 4) is 0 Å². The fourth-order valence-electron chi connectivity index (χ4n) is 3.19. The van der Waals surface area contributed by atoms with Crippen LogP contribution in [-0.4, -0.2) is 45.9 Å². The largest absolute Gasteiger partial charge is 0.405 e.